The van der Waals surface area contributed by atoms with Crippen LogP contribution in [0, 0.1) is 11.8 Å². The summed E-state index contributed by atoms with van der Waals surface area (Å²) >= 11 is 2.09. The Balaban J connectivity index is 1.83. The van der Waals surface area contributed by atoms with Gasteiger partial charge >= 0.3 is 0 Å². The van der Waals surface area contributed by atoms with Gasteiger partial charge in [0.15, 0.2) is 0 Å². The van der Waals surface area contributed by atoms with Crippen molar-refractivity contribution >= 4 is 11.8 Å². The van der Waals surface area contributed by atoms with Crippen LogP contribution in [-0.4, -0.2) is 23.6 Å². The Morgan fingerprint density at radius 2 is 1.75 bits per heavy atom. The third-order valence-electron chi connectivity index (χ3n) is 4.90. The Morgan fingerprint density at radius 1 is 1.12 bits per heavy atom. The van der Waals surface area contributed by atoms with Gasteiger partial charge in [-0.05, 0) is 43.8 Å². The fraction of sp³-hybridized carbons (Fsp3) is 1.00. The molecule has 94 valence electrons. The van der Waals surface area contributed by atoms with E-state index in [9.17, 15) is 0 Å². The minimum Gasteiger partial charge on any atom is -0.312 e. The summed E-state index contributed by atoms with van der Waals surface area (Å²) in [6.45, 7) is 6.10. The molecule has 2 saturated carbocycles. The molecule has 2 fully saturated rings. The van der Waals surface area contributed by atoms with Crippen LogP contribution >= 0.6 is 11.8 Å². The molecule has 0 aromatic rings. The maximum Gasteiger partial charge on any atom is 0.0281 e. The van der Waals surface area contributed by atoms with Crippen molar-refractivity contribution in [2.75, 3.05) is 12.8 Å². The molecule has 0 aromatic heterocycles. The predicted molar refractivity (Wildman–Crippen MR) is 74.1 cm³/mol. The number of thioether (sulfide) groups is 1. The highest BCUT2D eigenvalue weighted by Gasteiger charge is 2.37. The van der Waals surface area contributed by atoms with Crippen molar-refractivity contribution < 1.29 is 0 Å². The molecule has 2 aliphatic rings. The summed E-state index contributed by atoms with van der Waals surface area (Å²) < 4.78 is 0.594. The van der Waals surface area contributed by atoms with E-state index < -0.39 is 0 Å². The molecule has 1 N–H and O–H groups in total. The molecule has 0 spiro atoms. The van der Waals surface area contributed by atoms with Crippen LogP contribution in [0.4, 0.5) is 0 Å². The van der Waals surface area contributed by atoms with Crippen LogP contribution < -0.4 is 5.32 Å². The molecule has 2 atom stereocenters. The predicted octanol–water partition coefficient (Wildman–Crippen LogP) is 3.69. The Bertz CT molecular complexity index is 209. The smallest absolute Gasteiger partial charge is 0.0281 e. The van der Waals surface area contributed by atoms with Crippen molar-refractivity contribution in [3.05, 3.63) is 0 Å². The molecule has 2 unspecified atom stereocenters. The quantitative estimate of drug-likeness (QED) is 0.805. The number of hydrogen-bond acceptors (Lipinski definition) is 2. The largest absolute Gasteiger partial charge is 0.312 e. The molecule has 2 rings (SSSR count). The second kappa shape index (κ2) is 5.30. The third-order valence-corrected chi connectivity index (χ3v) is 6.32. The Kier molecular flexibility index (Phi) is 4.23. The molecule has 0 amide bonds. The Morgan fingerprint density at radius 3 is 2.19 bits per heavy atom. The number of nitrogens with one attached hydrogen (secondary N) is 1. The molecular formula is C14H27NS. The van der Waals surface area contributed by atoms with Gasteiger partial charge in [0, 0.05) is 17.3 Å². The van der Waals surface area contributed by atoms with Gasteiger partial charge in [-0.1, -0.05) is 26.7 Å². The van der Waals surface area contributed by atoms with E-state index in [1.165, 1.54) is 45.1 Å². The maximum atomic E-state index is 3.89. The van der Waals surface area contributed by atoms with Crippen molar-refractivity contribution in [1.29, 1.82) is 0 Å². The molecule has 0 aromatic carbocycles. The summed E-state index contributed by atoms with van der Waals surface area (Å²) in [5.41, 5.74) is 0. The zero-order valence-electron chi connectivity index (χ0n) is 11.1. The molecule has 2 heteroatoms. The van der Waals surface area contributed by atoms with Gasteiger partial charge in [-0.3, -0.25) is 0 Å². The zero-order valence-corrected chi connectivity index (χ0v) is 11.9. The number of rotatable bonds is 4. The van der Waals surface area contributed by atoms with Crippen molar-refractivity contribution in [3.63, 3.8) is 0 Å². The zero-order chi connectivity index (χ0) is 11.6. The minimum absolute atomic E-state index is 0.594. The van der Waals surface area contributed by atoms with E-state index in [1.807, 2.05) is 0 Å². The van der Waals surface area contributed by atoms with E-state index in [2.05, 4.69) is 37.2 Å². The fourth-order valence-corrected chi connectivity index (χ4v) is 4.34. The summed E-state index contributed by atoms with van der Waals surface area (Å²) in [6, 6.07) is 0.776. The highest BCUT2D eigenvalue weighted by atomic mass is 32.2. The maximum absolute atomic E-state index is 3.89. The Labute approximate surface area is 105 Å². The van der Waals surface area contributed by atoms with Gasteiger partial charge in [0.1, 0.15) is 0 Å². The minimum atomic E-state index is 0.594. The van der Waals surface area contributed by atoms with Gasteiger partial charge < -0.3 is 5.32 Å². The first kappa shape index (κ1) is 12.8. The first-order valence-electron chi connectivity index (χ1n) is 6.95. The van der Waals surface area contributed by atoms with E-state index in [0.717, 1.165) is 17.9 Å². The van der Waals surface area contributed by atoms with Gasteiger partial charge in [-0.2, -0.15) is 11.8 Å². The van der Waals surface area contributed by atoms with Gasteiger partial charge in [-0.15, -0.1) is 0 Å². The lowest BCUT2D eigenvalue weighted by molar-refractivity contribution is 0.194. The standard InChI is InChI=1S/C14H27NS/c1-11-6-4-7-12(2)13(11)15-10-14(16-3)8-5-9-14/h11-13,15H,4-10H2,1-3H3. The SMILES string of the molecule is CSC1(CNC2C(C)CCCC2C)CCC1. The second-order valence-corrected chi connectivity index (χ2v) is 7.31. The molecule has 0 radical (unpaired) electrons. The van der Waals surface area contributed by atoms with E-state index >= 15 is 0 Å². The molecule has 0 saturated heterocycles. The van der Waals surface area contributed by atoms with Crippen LogP contribution in [0.15, 0.2) is 0 Å². The van der Waals surface area contributed by atoms with Crippen molar-refractivity contribution in [1.82, 2.24) is 5.32 Å². The summed E-state index contributed by atoms with van der Waals surface area (Å²) in [6.07, 6.45) is 10.9. The molecule has 0 bridgehead atoms. The average molecular weight is 241 g/mol. The number of hydrogen-bond donors (Lipinski definition) is 1. The first-order chi connectivity index (χ1) is 7.67. The van der Waals surface area contributed by atoms with E-state index in [1.54, 1.807) is 0 Å². The lowest BCUT2D eigenvalue weighted by Crippen LogP contribution is -2.51. The second-order valence-electron chi connectivity index (χ2n) is 6.03. The summed E-state index contributed by atoms with van der Waals surface area (Å²) in [5.74, 6) is 1.76. The van der Waals surface area contributed by atoms with Gasteiger partial charge in [0.2, 0.25) is 0 Å². The van der Waals surface area contributed by atoms with Crippen molar-refractivity contribution in [2.45, 2.75) is 63.2 Å². The van der Waals surface area contributed by atoms with Crippen molar-refractivity contribution in [2.24, 2.45) is 11.8 Å². The lowest BCUT2D eigenvalue weighted by Gasteiger charge is -2.44. The van der Waals surface area contributed by atoms with Gasteiger partial charge in [-0.25, -0.2) is 0 Å². The summed E-state index contributed by atoms with van der Waals surface area (Å²) in [7, 11) is 0. The van der Waals surface area contributed by atoms with Crippen LogP contribution in [0.25, 0.3) is 0 Å². The molecule has 0 heterocycles. The normalized spacial score (nSPS) is 38.1. The van der Waals surface area contributed by atoms with Crippen LogP contribution in [-0.2, 0) is 0 Å². The average Bonchev–Trinajstić information content (AvgIpc) is 2.20. The first-order valence-corrected chi connectivity index (χ1v) is 8.18. The van der Waals surface area contributed by atoms with E-state index in [-0.39, 0.29) is 0 Å². The molecule has 16 heavy (non-hydrogen) atoms. The monoisotopic (exact) mass is 241 g/mol. The molecule has 2 aliphatic carbocycles. The highest BCUT2D eigenvalue weighted by molar-refractivity contribution is 8.00. The fourth-order valence-electron chi connectivity index (χ4n) is 3.41. The van der Waals surface area contributed by atoms with Crippen LogP contribution in [0.1, 0.15) is 52.4 Å². The van der Waals surface area contributed by atoms with E-state index in [4.69, 9.17) is 0 Å². The molecular weight excluding hydrogens is 214 g/mol. The lowest BCUT2D eigenvalue weighted by atomic mass is 9.77. The molecule has 0 aliphatic heterocycles. The van der Waals surface area contributed by atoms with Crippen LogP contribution in [0.5, 0.6) is 0 Å². The molecule has 1 nitrogen and oxygen atoms in total. The Hall–Kier alpha value is 0.310. The topological polar surface area (TPSA) is 12.0 Å². The van der Waals surface area contributed by atoms with Crippen LogP contribution in [0.2, 0.25) is 0 Å². The highest BCUT2D eigenvalue weighted by Crippen LogP contribution is 2.42. The van der Waals surface area contributed by atoms with Gasteiger partial charge in [0.25, 0.3) is 0 Å². The third kappa shape index (κ3) is 2.59. The van der Waals surface area contributed by atoms with Crippen LogP contribution in [0.3, 0.4) is 0 Å². The summed E-state index contributed by atoms with van der Waals surface area (Å²) in [4.78, 5) is 0. The summed E-state index contributed by atoms with van der Waals surface area (Å²) in [5, 5.41) is 3.89. The van der Waals surface area contributed by atoms with Crippen molar-refractivity contribution in [3.8, 4) is 0 Å². The van der Waals surface area contributed by atoms with Gasteiger partial charge in [0.05, 0.1) is 0 Å². The van der Waals surface area contributed by atoms with E-state index in [0.29, 0.717) is 4.75 Å².